The fraction of sp³-hybridized carbons (Fsp3) is 0.143. The zero-order chi connectivity index (χ0) is 58.5. The number of hydrogen-bond donors (Lipinski definition) is 0. The summed E-state index contributed by atoms with van der Waals surface area (Å²) in [6, 6.07) is 107. The average Bonchev–Trinajstić information content (AvgIpc) is 1.57. The van der Waals surface area contributed by atoms with E-state index in [0.717, 1.165) is 34.9 Å². The van der Waals surface area contributed by atoms with Gasteiger partial charge in [-0.2, -0.15) is 0 Å². The number of hydrogen-bond acceptors (Lipinski definition) is 2. The standard InChI is InChI=1S/C84H70N2/c1-81(2)55-84(7,62-40-47-67(60-28-16-10-17-29-60)79(50-62)85(63-41-36-58(37-42-63)56-24-12-8-13-25-56)65-45-48-70-68-32-20-22-34-73(68)82(3,4)75(70)51-65)78-53-72(61-30-18-11-19-31-61)80(54-77(78)81)86(64-43-38-59(39-44-64)57-26-14-9-15-27-57)66-46-49-71-69-33-21-23-35-74(69)83(5,6)76(71)52-66/h8-54H,55H2,1-7H3. The second kappa shape index (κ2) is 20.2. The minimum absolute atomic E-state index is 0.173. The highest BCUT2D eigenvalue weighted by Crippen LogP contribution is 2.59. The normalized spacial score (nSPS) is 16.1. The Morgan fingerprint density at radius 2 is 0.605 bits per heavy atom. The van der Waals surface area contributed by atoms with Crippen LogP contribution in [0.2, 0.25) is 0 Å². The van der Waals surface area contributed by atoms with E-state index in [9.17, 15) is 0 Å². The maximum absolute atomic E-state index is 2.58. The molecule has 0 heterocycles. The van der Waals surface area contributed by atoms with Crippen molar-refractivity contribution in [2.75, 3.05) is 9.80 Å². The first-order chi connectivity index (χ1) is 41.8. The molecular weight excluding hydrogens is 1040 g/mol. The Morgan fingerprint density at radius 1 is 0.244 bits per heavy atom. The number of fused-ring (bicyclic) bond motifs is 7. The highest BCUT2D eigenvalue weighted by Gasteiger charge is 2.47. The Labute approximate surface area is 508 Å². The van der Waals surface area contributed by atoms with Crippen LogP contribution in [0, 0.1) is 0 Å². The van der Waals surface area contributed by atoms with E-state index in [2.05, 4.69) is 343 Å². The SMILES string of the molecule is CC1(C)CC(C)(c2ccc(-c3ccccc3)c(N(c3ccc(-c4ccccc4)cc3)c3ccc4c(c3)C(C)(C)c3ccccc3-4)c2)c2cc(-c3ccccc3)c(N(c3ccc(-c4ccccc4)cc3)c3ccc4c(c3)C(C)(C)c3ccccc3-4)cc21. The van der Waals surface area contributed by atoms with Crippen LogP contribution in [0.15, 0.2) is 285 Å². The molecule has 0 saturated carbocycles. The van der Waals surface area contributed by atoms with E-state index in [1.54, 1.807) is 0 Å². The Bertz CT molecular complexity index is 4560. The number of benzene rings is 12. The third kappa shape index (κ3) is 8.60. The lowest BCUT2D eigenvalue weighted by Gasteiger charge is -2.34. The Kier molecular flexibility index (Phi) is 12.5. The summed E-state index contributed by atoms with van der Waals surface area (Å²) in [7, 11) is 0. The Hall–Kier alpha value is -9.76. The average molecular weight is 1110 g/mol. The van der Waals surface area contributed by atoms with Gasteiger partial charge < -0.3 is 9.80 Å². The van der Waals surface area contributed by atoms with Crippen molar-refractivity contribution in [1.82, 2.24) is 0 Å². The van der Waals surface area contributed by atoms with Gasteiger partial charge in [0, 0.05) is 50.1 Å². The molecule has 0 radical (unpaired) electrons. The number of nitrogens with zero attached hydrogens (tertiary/aromatic N) is 2. The van der Waals surface area contributed by atoms with Crippen molar-refractivity contribution >= 4 is 34.1 Å². The van der Waals surface area contributed by atoms with Crippen LogP contribution in [0.25, 0.3) is 66.8 Å². The van der Waals surface area contributed by atoms with Crippen LogP contribution in [0.5, 0.6) is 0 Å². The van der Waals surface area contributed by atoms with Crippen LogP contribution in [0.1, 0.15) is 93.8 Å². The van der Waals surface area contributed by atoms with E-state index in [-0.39, 0.29) is 21.7 Å². The molecule has 15 rings (SSSR count). The zero-order valence-corrected chi connectivity index (χ0v) is 50.2. The number of anilines is 6. The second-order valence-electron chi connectivity index (χ2n) is 26.1. The summed E-state index contributed by atoms with van der Waals surface area (Å²) in [6.45, 7) is 17.0. The lowest BCUT2D eigenvalue weighted by Crippen LogP contribution is -2.24. The van der Waals surface area contributed by atoms with E-state index in [4.69, 9.17) is 0 Å². The van der Waals surface area contributed by atoms with Crippen molar-refractivity contribution in [3.8, 4) is 66.8 Å². The molecule has 2 nitrogen and oxygen atoms in total. The van der Waals surface area contributed by atoms with Gasteiger partial charge in [-0.25, -0.2) is 0 Å². The molecule has 3 aliphatic rings. The van der Waals surface area contributed by atoms with E-state index < -0.39 is 0 Å². The van der Waals surface area contributed by atoms with E-state index in [1.807, 2.05) is 0 Å². The van der Waals surface area contributed by atoms with Gasteiger partial charge in [-0.1, -0.05) is 267 Å². The van der Waals surface area contributed by atoms with Gasteiger partial charge in [-0.15, -0.1) is 0 Å². The van der Waals surface area contributed by atoms with Crippen LogP contribution < -0.4 is 9.80 Å². The molecule has 0 fully saturated rings. The largest absolute Gasteiger partial charge is 0.310 e. The first-order valence-electron chi connectivity index (χ1n) is 30.6. The summed E-state index contributed by atoms with van der Waals surface area (Å²) in [6.07, 6.45) is 0.922. The molecule has 3 aliphatic carbocycles. The summed E-state index contributed by atoms with van der Waals surface area (Å²) in [5.41, 5.74) is 30.2. The molecule has 2 heteroatoms. The monoisotopic (exact) mass is 1110 g/mol. The molecule has 12 aromatic carbocycles. The number of rotatable bonds is 11. The highest BCUT2D eigenvalue weighted by atomic mass is 15.2. The molecule has 86 heavy (non-hydrogen) atoms. The van der Waals surface area contributed by atoms with E-state index in [0.29, 0.717) is 0 Å². The third-order valence-corrected chi connectivity index (χ3v) is 19.7. The zero-order valence-electron chi connectivity index (χ0n) is 50.2. The summed E-state index contributed by atoms with van der Waals surface area (Å²) in [5, 5.41) is 0. The van der Waals surface area contributed by atoms with Crippen molar-refractivity contribution in [3.63, 3.8) is 0 Å². The Balaban J connectivity index is 0.937. The minimum Gasteiger partial charge on any atom is -0.310 e. The minimum atomic E-state index is -0.388. The molecule has 0 aliphatic heterocycles. The van der Waals surface area contributed by atoms with Crippen molar-refractivity contribution in [2.24, 2.45) is 0 Å². The lowest BCUT2D eigenvalue weighted by atomic mass is 9.74. The van der Waals surface area contributed by atoms with Gasteiger partial charge in [0.15, 0.2) is 0 Å². The van der Waals surface area contributed by atoms with Gasteiger partial charge in [-0.3, -0.25) is 0 Å². The third-order valence-electron chi connectivity index (χ3n) is 19.7. The van der Waals surface area contributed by atoms with Crippen LogP contribution in [-0.2, 0) is 21.7 Å². The van der Waals surface area contributed by atoms with Crippen molar-refractivity contribution in [3.05, 3.63) is 324 Å². The fourth-order valence-corrected chi connectivity index (χ4v) is 15.3. The second-order valence-corrected chi connectivity index (χ2v) is 26.1. The fourth-order valence-electron chi connectivity index (χ4n) is 15.3. The van der Waals surface area contributed by atoms with E-state index in [1.165, 1.54) is 111 Å². The molecule has 1 atom stereocenters. The van der Waals surface area contributed by atoms with Crippen molar-refractivity contribution in [1.29, 1.82) is 0 Å². The molecule has 0 bridgehead atoms. The molecule has 1 unspecified atom stereocenters. The molecule has 0 N–H and O–H groups in total. The lowest BCUT2D eigenvalue weighted by molar-refractivity contribution is 0.425. The maximum Gasteiger partial charge on any atom is 0.0543 e. The molecule has 0 saturated heterocycles. The van der Waals surface area contributed by atoms with Crippen LogP contribution >= 0.6 is 0 Å². The highest BCUT2D eigenvalue weighted by molar-refractivity contribution is 5.95. The molecule has 416 valence electrons. The summed E-state index contributed by atoms with van der Waals surface area (Å²) >= 11 is 0. The topological polar surface area (TPSA) is 6.48 Å². The van der Waals surface area contributed by atoms with Gasteiger partial charge in [0.1, 0.15) is 0 Å². The predicted octanol–water partition coefficient (Wildman–Crippen LogP) is 22.9. The first-order valence-corrected chi connectivity index (χ1v) is 30.6. The molecule has 0 amide bonds. The quantitative estimate of drug-likeness (QED) is 0.127. The van der Waals surface area contributed by atoms with Gasteiger partial charge in [-0.05, 0) is 173 Å². The van der Waals surface area contributed by atoms with Crippen molar-refractivity contribution in [2.45, 2.75) is 76.5 Å². The Morgan fingerprint density at radius 3 is 1.07 bits per heavy atom. The summed E-state index contributed by atoms with van der Waals surface area (Å²) < 4.78 is 0. The van der Waals surface area contributed by atoms with Gasteiger partial charge in [0.2, 0.25) is 0 Å². The predicted molar refractivity (Wildman–Crippen MR) is 363 cm³/mol. The van der Waals surface area contributed by atoms with Crippen LogP contribution in [0.3, 0.4) is 0 Å². The summed E-state index contributed by atoms with van der Waals surface area (Å²) in [5.74, 6) is 0. The smallest absolute Gasteiger partial charge is 0.0543 e. The molecular formula is C84H70N2. The van der Waals surface area contributed by atoms with Crippen molar-refractivity contribution < 1.29 is 0 Å². The maximum atomic E-state index is 2.58. The van der Waals surface area contributed by atoms with E-state index >= 15 is 0 Å². The van der Waals surface area contributed by atoms with Crippen LogP contribution in [0.4, 0.5) is 34.1 Å². The first kappa shape index (κ1) is 53.0. The molecule has 0 aromatic heterocycles. The van der Waals surface area contributed by atoms with Gasteiger partial charge >= 0.3 is 0 Å². The van der Waals surface area contributed by atoms with Gasteiger partial charge in [0.05, 0.1) is 11.4 Å². The van der Waals surface area contributed by atoms with Gasteiger partial charge in [0.25, 0.3) is 0 Å². The molecule has 0 spiro atoms. The summed E-state index contributed by atoms with van der Waals surface area (Å²) in [4.78, 5) is 5.09. The van der Waals surface area contributed by atoms with Crippen LogP contribution in [-0.4, -0.2) is 0 Å². The molecule has 12 aromatic rings.